The predicted octanol–water partition coefficient (Wildman–Crippen LogP) is 1.79. The molecule has 1 fully saturated rings. The first-order chi connectivity index (χ1) is 13.4. The van der Waals surface area contributed by atoms with Crippen molar-refractivity contribution in [1.82, 2.24) is 15.3 Å². The molecule has 0 radical (unpaired) electrons. The first-order valence-electron chi connectivity index (χ1n) is 8.48. The average Bonchev–Trinajstić information content (AvgIpc) is 2.67. The van der Waals surface area contributed by atoms with E-state index in [-0.39, 0.29) is 21.3 Å². The summed E-state index contributed by atoms with van der Waals surface area (Å²) in [6.07, 6.45) is 0. The highest BCUT2D eigenvalue weighted by Gasteiger charge is 2.39. The lowest BCUT2D eigenvalue weighted by Gasteiger charge is -2.38. The number of hydrogen-bond acceptors (Lipinski definition) is 7. The van der Waals surface area contributed by atoms with Crippen molar-refractivity contribution in [2.24, 2.45) is 0 Å². The van der Waals surface area contributed by atoms with Crippen LogP contribution in [0.4, 0.5) is 11.4 Å². The topological polar surface area (TPSA) is 108 Å². The Morgan fingerprint density at radius 2 is 1.89 bits per heavy atom. The van der Waals surface area contributed by atoms with Gasteiger partial charge in [0.05, 0.1) is 16.1 Å². The molecule has 28 heavy (non-hydrogen) atoms. The van der Waals surface area contributed by atoms with Crippen LogP contribution in [0.15, 0.2) is 24.3 Å². The van der Waals surface area contributed by atoms with Crippen LogP contribution in [-0.2, 0) is 0 Å². The molecule has 2 aromatic rings. The summed E-state index contributed by atoms with van der Waals surface area (Å²) in [6, 6.07) is 6.06. The summed E-state index contributed by atoms with van der Waals surface area (Å²) in [5, 5.41) is 21.0. The number of hydrogen-bond donors (Lipinski definition) is 3. The molecule has 0 spiro atoms. The van der Waals surface area contributed by atoms with Crippen molar-refractivity contribution in [1.29, 1.82) is 0 Å². The molecule has 9 nitrogen and oxygen atoms in total. The summed E-state index contributed by atoms with van der Waals surface area (Å²) < 4.78 is 0.0414. The Balaban J connectivity index is 1.97. The van der Waals surface area contributed by atoms with Crippen molar-refractivity contribution >= 4 is 63.1 Å². The standard InChI is InChI=1S/C17H15N5O4S2/c23-15-10-3-1-2-9-13(10)11(8-12(22(25)26)14(9)19-17(27)28)16(24)21(15)20-6-4-18-5-7-20/h1-3,8,18H,4-7H2,(H2,19,27,28). The molecule has 0 atom stereocenters. The number of anilines is 1. The third kappa shape index (κ3) is 2.92. The van der Waals surface area contributed by atoms with Crippen LogP contribution in [0.5, 0.6) is 0 Å². The van der Waals surface area contributed by atoms with E-state index in [9.17, 15) is 19.7 Å². The smallest absolute Gasteiger partial charge is 0.294 e. The van der Waals surface area contributed by atoms with E-state index >= 15 is 0 Å². The monoisotopic (exact) mass is 417 g/mol. The molecule has 1 saturated heterocycles. The number of carbonyl (C=O) groups is 2. The fourth-order valence-electron chi connectivity index (χ4n) is 3.63. The number of nitrogens with one attached hydrogen (secondary N) is 2. The third-order valence-corrected chi connectivity index (χ3v) is 5.00. The lowest BCUT2D eigenvalue weighted by Crippen LogP contribution is -2.57. The first kappa shape index (κ1) is 18.7. The Labute approximate surface area is 170 Å². The van der Waals surface area contributed by atoms with Gasteiger partial charge in [-0.2, -0.15) is 0 Å². The van der Waals surface area contributed by atoms with Crippen LogP contribution in [0.3, 0.4) is 0 Å². The van der Waals surface area contributed by atoms with Gasteiger partial charge in [0.2, 0.25) is 0 Å². The number of piperazine rings is 1. The number of imide groups is 1. The summed E-state index contributed by atoms with van der Waals surface area (Å²) in [4.78, 5) is 37.4. The maximum atomic E-state index is 13.2. The zero-order valence-corrected chi connectivity index (χ0v) is 16.2. The van der Waals surface area contributed by atoms with Gasteiger partial charge in [-0.3, -0.25) is 19.7 Å². The summed E-state index contributed by atoms with van der Waals surface area (Å²) >= 11 is 8.92. The molecule has 2 aliphatic rings. The number of benzene rings is 2. The maximum absolute atomic E-state index is 13.2. The Bertz CT molecular complexity index is 1050. The number of carbonyl (C=O) groups excluding carboxylic acids is 2. The van der Waals surface area contributed by atoms with E-state index in [0.717, 1.165) is 5.01 Å². The molecule has 2 amide bonds. The Morgan fingerprint density at radius 1 is 1.21 bits per heavy atom. The molecule has 0 aliphatic carbocycles. The second-order valence-electron chi connectivity index (χ2n) is 6.36. The van der Waals surface area contributed by atoms with E-state index < -0.39 is 16.7 Å². The van der Waals surface area contributed by atoms with E-state index in [0.29, 0.717) is 42.5 Å². The quantitative estimate of drug-likeness (QED) is 0.228. The van der Waals surface area contributed by atoms with Crippen LogP contribution >= 0.6 is 24.8 Å². The number of thiocarbonyl (C=S) groups is 1. The van der Waals surface area contributed by atoms with Gasteiger partial charge in [-0.1, -0.05) is 24.4 Å². The van der Waals surface area contributed by atoms with Gasteiger partial charge >= 0.3 is 0 Å². The molecule has 0 unspecified atom stereocenters. The molecular formula is C17H15N5O4S2. The molecule has 2 aromatic carbocycles. The predicted molar refractivity (Wildman–Crippen MR) is 111 cm³/mol. The van der Waals surface area contributed by atoms with Crippen molar-refractivity contribution in [2.75, 3.05) is 31.5 Å². The number of nitrogens with zero attached hydrogens (tertiary/aromatic N) is 3. The second-order valence-corrected chi connectivity index (χ2v) is 7.52. The molecule has 0 saturated carbocycles. The number of hydrazine groups is 1. The zero-order chi connectivity index (χ0) is 20.0. The fourth-order valence-corrected chi connectivity index (χ4v) is 3.84. The largest absolute Gasteiger partial charge is 0.335 e. The summed E-state index contributed by atoms with van der Waals surface area (Å²) in [7, 11) is 0. The highest BCUT2D eigenvalue weighted by Crippen LogP contribution is 2.40. The molecule has 2 aliphatic heterocycles. The van der Waals surface area contributed by atoms with Crippen molar-refractivity contribution in [3.05, 3.63) is 45.5 Å². The minimum absolute atomic E-state index is 0.0414. The molecule has 2 heterocycles. The Hall–Kier alpha value is -2.60. The van der Waals surface area contributed by atoms with Crippen LogP contribution in [0, 0.1) is 10.1 Å². The van der Waals surface area contributed by atoms with Crippen molar-refractivity contribution < 1.29 is 14.5 Å². The molecule has 144 valence electrons. The molecular weight excluding hydrogens is 402 g/mol. The van der Waals surface area contributed by atoms with Gasteiger partial charge in [0.1, 0.15) is 10.0 Å². The molecule has 2 N–H and O–H groups in total. The number of nitro groups is 1. The highest BCUT2D eigenvalue weighted by atomic mass is 32.1. The van der Waals surface area contributed by atoms with Gasteiger partial charge in [0.15, 0.2) is 0 Å². The van der Waals surface area contributed by atoms with Crippen molar-refractivity contribution in [2.45, 2.75) is 0 Å². The summed E-state index contributed by atoms with van der Waals surface area (Å²) in [5.74, 6) is -1.02. The molecule has 0 bridgehead atoms. The first-order valence-corrected chi connectivity index (χ1v) is 9.34. The van der Waals surface area contributed by atoms with Gasteiger partial charge in [0, 0.05) is 43.0 Å². The molecule has 11 heteroatoms. The van der Waals surface area contributed by atoms with Crippen LogP contribution < -0.4 is 10.6 Å². The number of thiol groups is 1. The highest BCUT2D eigenvalue weighted by molar-refractivity contribution is 8.11. The number of amides is 2. The van der Waals surface area contributed by atoms with E-state index in [1.807, 2.05) is 0 Å². The number of rotatable bonds is 3. The zero-order valence-electron chi connectivity index (χ0n) is 14.5. The van der Waals surface area contributed by atoms with Gasteiger partial charge in [-0.25, -0.2) is 10.0 Å². The normalized spacial score (nSPS) is 17.1. The second kappa shape index (κ2) is 7.09. The Kier molecular flexibility index (Phi) is 4.75. The summed E-state index contributed by atoms with van der Waals surface area (Å²) in [5.41, 5.74) is 0.237. The SMILES string of the molecule is O=C1c2cccc3c(NC(=S)S)c([N+](=O)[O-])cc(c23)C(=O)N1N1CCNCC1. The average molecular weight is 417 g/mol. The summed E-state index contributed by atoms with van der Waals surface area (Å²) in [6.45, 7) is 2.24. The van der Waals surface area contributed by atoms with Crippen LogP contribution in [0.1, 0.15) is 20.7 Å². The van der Waals surface area contributed by atoms with E-state index in [1.54, 1.807) is 23.2 Å². The minimum atomic E-state index is -0.587. The van der Waals surface area contributed by atoms with E-state index in [4.69, 9.17) is 12.2 Å². The van der Waals surface area contributed by atoms with Crippen LogP contribution in [0.2, 0.25) is 0 Å². The van der Waals surface area contributed by atoms with Crippen molar-refractivity contribution in [3.8, 4) is 0 Å². The van der Waals surface area contributed by atoms with Gasteiger partial charge < -0.3 is 10.6 Å². The molecule has 4 rings (SSSR count). The van der Waals surface area contributed by atoms with E-state index in [1.165, 1.54) is 6.07 Å². The number of nitro benzene ring substituents is 1. The van der Waals surface area contributed by atoms with E-state index in [2.05, 4.69) is 23.3 Å². The Morgan fingerprint density at radius 3 is 2.54 bits per heavy atom. The van der Waals surface area contributed by atoms with Crippen LogP contribution in [0.25, 0.3) is 10.8 Å². The van der Waals surface area contributed by atoms with Gasteiger partial charge in [-0.05, 0) is 6.07 Å². The molecule has 0 aromatic heterocycles. The third-order valence-electron chi connectivity index (χ3n) is 4.79. The lowest BCUT2D eigenvalue weighted by molar-refractivity contribution is -0.383. The minimum Gasteiger partial charge on any atom is -0.335 e. The van der Waals surface area contributed by atoms with Crippen molar-refractivity contribution in [3.63, 3.8) is 0 Å². The van der Waals surface area contributed by atoms with Crippen LogP contribution in [-0.4, -0.2) is 57.3 Å². The lowest BCUT2D eigenvalue weighted by atomic mass is 9.92. The maximum Gasteiger partial charge on any atom is 0.294 e. The van der Waals surface area contributed by atoms with Gasteiger partial charge in [0.25, 0.3) is 17.5 Å². The fraction of sp³-hybridized carbons (Fsp3) is 0.235. The van der Waals surface area contributed by atoms with Gasteiger partial charge in [-0.15, -0.1) is 12.6 Å².